The van der Waals surface area contributed by atoms with E-state index in [-0.39, 0.29) is 35.4 Å². The smallest absolute Gasteiger partial charge is 0.338 e. The molecular weight excluding hydrogens is 410 g/mol. The molecule has 1 N–H and O–H groups in total. The van der Waals surface area contributed by atoms with Gasteiger partial charge in [-0.1, -0.05) is 13.0 Å². The molecule has 3 aromatic rings. The van der Waals surface area contributed by atoms with Gasteiger partial charge >= 0.3 is 5.97 Å². The molecule has 158 valence electrons. The molecule has 3 rings (SSSR count). The van der Waals surface area contributed by atoms with Crippen molar-refractivity contribution in [1.29, 1.82) is 0 Å². The van der Waals surface area contributed by atoms with E-state index in [4.69, 9.17) is 13.9 Å². The van der Waals surface area contributed by atoms with Crippen molar-refractivity contribution in [2.75, 3.05) is 13.7 Å². The Labute approximate surface area is 174 Å². The Hall–Kier alpha value is -3.24. The van der Waals surface area contributed by atoms with Crippen LogP contribution in [0.15, 0.2) is 51.8 Å². The molecule has 1 heterocycles. The molecule has 0 bridgehead atoms. The Morgan fingerprint density at radius 2 is 1.87 bits per heavy atom. The number of carbonyl (C=O) groups excluding carboxylic acids is 1. The first-order chi connectivity index (χ1) is 14.3. The zero-order valence-electron chi connectivity index (χ0n) is 16.7. The van der Waals surface area contributed by atoms with E-state index in [0.29, 0.717) is 16.9 Å². The van der Waals surface area contributed by atoms with E-state index in [9.17, 15) is 13.2 Å². The van der Waals surface area contributed by atoms with Crippen LogP contribution in [0.1, 0.15) is 28.7 Å². The molecule has 0 atom stereocenters. The minimum absolute atomic E-state index is 0.0125. The summed E-state index contributed by atoms with van der Waals surface area (Å²) in [5.74, 6) is 0.397. The fraction of sp³-hybridized carbons (Fsp3) is 0.250. The number of ether oxygens (including phenoxy) is 2. The first-order valence-electron chi connectivity index (χ1n) is 9.08. The van der Waals surface area contributed by atoms with Crippen molar-refractivity contribution in [3.63, 3.8) is 0 Å². The van der Waals surface area contributed by atoms with Gasteiger partial charge in [0.2, 0.25) is 15.9 Å². The lowest BCUT2D eigenvalue weighted by atomic mass is 10.1. The number of sulfonamides is 1. The van der Waals surface area contributed by atoms with Gasteiger partial charge in [0.1, 0.15) is 5.75 Å². The minimum atomic E-state index is -3.69. The van der Waals surface area contributed by atoms with Crippen molar-refractivity contribution in [3.8, 4) is 17.2 Å². The van der Waals surface area contributed by atoms with Crippen molar-refractivity contribution < 1.29 is 27.1 Å². The lowest BCUT2D eigenvalue weighted by Gasteiger charge is -2.09. The SMILES string of the molecule is CCNS(=O)(=O)c1ccc(C)c(C(=O)OCc2nnc(-c3ccc(OC)cc3)o2)c1. The van der Waals surface area contributed by atoms with Crippen LogP contribution in [0.2, 0.25) is 0 Å². The van der Waals surface area contributed by atoms with Crippen molar-refractivity contribution in [2.45, 2.75) is 25.3 Å². The van der Waals surface area contributed by atoms with Crippen LogP contribution in [0, 0.1) is 6.92 Å². The Kier molecular flexibility index (Phi) is 6.48. The van der Waals surface area contributed by atoms with Gasteiger partial charge in [-0.25, -0.2) is 17.9 Å². The number of esters is 1. The molecule has 0 amide bonds. The Morgan fingerprint density at radius 3 is 2.53 bits per heavy atom. The lowest BCUT2D eigenvalue weighted by Crippen LogP contribution is -2.23. The van der Waals surface area contributed by atoms with Gasteiger partial charge in [-0.3, -0.25) is 0 Å². The maximum absolute atomic E-state index is 12.5. The lowest BCUT2D eigenvalue weighted by molar-refractivity contribution is 0.0437. The molecule has 1 aromatic heterocycles. The van der Waals surface area contributed by atoms with Gasteiger partial charge in [-0.2, -0.15) is 0 Å². The van der Waals surface area contributed by atoms with Gasteiger partial charge in [0, 0.05) is 12.1 Å². The second-order valence-electron chi connectivity index (χ2n) is 6.28. The molecule has 0 radical (unpaired) electrons. The Bertz CT molecular complexity index is 1140. The van der Waals surface area contributed by atoms with E-state index in [1.165, 1.54) is 12.1 Å². The van der Waals surface area contributed by atoms with Crippen molar-refractivity contribution in [1.82, 2.24) is 14.9 Å². The van der Waals surface area contributed by atoms with E-state index < -0.39 is 16.0 Å². The number of nitrogens with zero attached hydrogens (tertiary/aromatic N) is 2. The highest BCUT2D eigenvalue weighted by Gasteiger charge is 2.19. The molecule has 0 unspecified atom stereocenters. The number of methoxy groups -OCH3 is 1. The van der Waals surface area contributed by atoms with Crippen molar-refractivity contribution in [2.24, 2.45) is 0 Å². The first-order valence-corrected chi connectivity index (χ1v) is 10.6. The Balaban J connectivity index is 1.71. The number of hydrogen-bond acceptors (Lipinski definition) is 8. The number of hydrogen-bond donors (Lipinski definition) is 1. The van der Waals surface area contributed by atoms with E-state index >= 15 is 0 Å². The molecule has 0 saturated carbocycles. The summed E-state index contributed by atoms with van der Waals surface area (Å²) in [7, 11) is -2.12. The average molecular weight is 431 g/mol. The van der Waals surface area contributed by atoms with Crippen LogP contribution < -0.4 is 9.46 Å². The standard InChI is InChI=1S/C20H21N3O6S/c1-4-21-30(25,26)16-10-5-13(2)17(11-16)20(24)28-12-18-22-23-19(29-18)14-6-8-15(27-3)9-7-14/h5-11,21H,4,12H2,1-3H3. The summed E-state index contributed by atoms with van der Waals surface area (Å²) in [6, 6.07) is 11.3. The zero-order valence-corrected chi connectivity index (χ0v) is 17.5. The maximum atomic E-state index is 12.5. The molecule has 0 spiro atoms. The van der Waals surface area contributed by atoms with Crippen molar-refractivity contribution in [3.05, 3.63) is 59.5 Å². The zero-order chi connectivity index (χ0) is 21.7. The number of aromatic nitrogens is 2. The van der Waals surface area contributed by atoms with E-state index in [2.05, 4.69) is 14.9 Å². The largest absolute Gasteiger partial charge is 0.497 e. The van der Waals surface area contributed by atoms with Crippen LogP contribution in [0.4, 0.5) is 0 Å². The minimum Gasteiger partial charge on any atom is -0.497 e. The summed E-state index contributed by atoms with van der Waals surface area (Å²) >= 11 is 0. The Morgan fingerprint density at radius 1 is 1.13 bits per heavy atom. The molecule has 0 saturated heterocycles. The van der Waals surface area contributed by atoms with Crippen LogP contribution in [-0.2, 0) is 21.4 Å². The van der Waals surface area contributed by atoms with Crippen LogP contribution in [0.3, 0.4) is 0 Å². The molecule has 0 aliphatic carbocycles. The quantitative estimate of drug-likeness (QED) is 0.541. The predicted octanol–water partition coefficient (Wildman–Crippen LogP) is 2.71. The topological polar surface area (TPSA) is 121 Å². The fourth-order valence-electron chi connectivity index (χ4n) is 2.63. The maximum Gasteiger partial charge on any atom is 0.338 e. The number of nitrogens with one attached hydrogen (secondary N) is 1. The molecule has 0 aliphatic heterocycles. The van der Waals surface area contributed by atoms with E-state index in [1.54, 1.807) is 51.3 Å². The molecule has 0 fully saturated rings. The van der Waals surface area contributed by atoms with E-state index in [0.717, 1.165) is 0 Å². The van der Waals surface area contributed by atoms with Gasteiger partial charge in [0.15, 0.2) is 6.61 Å². The predicted molar refractivity (Wildman–Crippen MR) is 107 cm³/mol. The van der Waals surface area contributed by atoms with Crippen LogP contribution >= 0.6 is 0 Å². The second-order valence-corrected chi connectivity index (χ2v) is 8.05. The van der Waals surface area contributed by atoms with Crippen LogP contribution in [0.5, 0.6) is 5.75 Å². The highest BCUT2D eigenvalue weighted by molar-refractivity contribution is 7.89. The number of rotatable bonds is 8. The summed E-state index contributed by atoms with van der Waals surface area (Å²) in [5, 5.41) is 7.81. The molecule has 30 heavy (non-hydrogen) atoms. The molecular formula is C20H21N3O6S. The number of carbonyl (C=O) groups is 1. The van der Waals surface area contributed by atoms with E-state index in [1.807, 2.05) is 0 Å². The first kappa shape index (κ1) is 21.5. The highest BCUT2D eigenvalue weighted by Crippen LogP contribution is 2.22. The fourth-order valence-corrected chi connectivity index (χ4v) is 3.70. The average Bonchev–Trinajstić information content (AvgIpc) is 3.21. The molecule has 10 heteroatoms. The van der Waals surface area contributed by atoms with Gasteiger partial charge in [-0.05, 0) is 48.9 Å². The van der Waals surface area contributed by atoms with Gasteiger partial charge in [0.25, 0.3) is 5.89 Å². The third kappa shape index (κ3) is 4.84. The van der Waals surface area contributed by atoms with Gasteiger partial charge in [-0.15, -0.1) is 10.2 Å². The number of benzene rings is 2. The van der Waals surface area contributed by atoms with Gasteiger partial charge in [0.05, 0.1) is 17.6 Å². The monoisotopic (exact) mass is 431 g/mol. The summed E-state index contributed by atoms with van der Waals surface area (Å²) in [4.78, 5) is 12.5. The second kappa shape index (κ2) is 9.06. The summed E-state index contributed by atoms with van der Waals surface area (Å²) in [6.45, 7) is 3.36. The summed E-state index contributed by atoms with van der Waals surface area (Å²) in [5.41, 5.74) is 1.42. The third-order valence-corrected chi connectivity index (χ3v) is 5.75. The summed E-state index contributed by atoms with van der Waals surface area (Å²) in [6.07, 6.45) is 0. The highest BCUT2D eigenvalue weighted by atomic mass is 32.2. The van der Waals surface area contributed by atoms with Crippen LogP contribution in [-0.4, -0.2) is 38.2 Å². The van der Waals surface area contributed by atoms with Crippen molar-refractivity contribution >= 4 is 16.0 Å². The van der Waals surface area contributed by atoms with Gasteiger partial charge < -0.3 is 13.9 Å². The molecule has 0 aliphatic rings. The molecule has 2 aromatic carbocycles. The normalized spacial score (nSPS) is 11.3. The number of aryl methyl sites for hydroxylation is 1. The summed E-state index contributed by atoms with van der Waals surface area (Å²) < 4.78 is 42.6. The molecule has 9 nitrogen and oxygen atoms in total. The van der Waals surface area contributed by atoms with Crippen LogP contribution in [0.25, 0.3) is 11.5 Å². The third-order valence-electron chi connectivity index (χ3n) is 4.20.